The third kappa shape index (κ3) is 3.83. The van der Waals surface area contributed by atoms with Crippen LogP contribution < -0.4 is 0 Å². The van der Waals surface area contributed by atoms with Crippen molar-refractivity contribution in [3.8, 4) is 0 Å². The van der Waals surface area contributed by atoms with Gasteiger partial charge in [0.1, 0.15) is 6.10 Å². The van der Waals surface area contributed by atoms with Gasteiger partial charge in [0, 0.05) is 5.92 Å². The first-order valence-corrected chi connectivity index (χ1v) is 10.4. The largest absolute Gasteiger partial charge is 0.372 e. The molecule has 3 heterocycles. The second-order valence-electron chi connectivity index (χ2n) is 9.16. The van der Waals surface area contributed by atoms with E-state index in [1.54, 1.807) is 0 Å². The molecular formula is C21H38O5. The monoisotopic (exact) mass is 370 g/mol. The fourth-order valence-corrected chi connectivity index (χ4v) is 4.61. The molecule has 0 amide bonds. The van der Waals surface area contributed by atoms with Crippen LogP contribution >= 0.6 is 0 Å². The fourth-order valence-electron chi connectivity index (χ4n) is 4.61. The van der Waals surface area contributed by atoms with Crippen LogP contribution in [0.3, 0.4) is 0 Å². The lowest BCUT2D eigenvalue weighted by atomic mass is 9.80. The van der Waals surface area contributed by atoms with Gasteiger partial charge in [0.2, 0.25) is 0 Å². The van der Waals surface area contributed by atoms with Crippen LogP contribution in [0.2, 0.25) is 0 Å². The quantitative estimate of drug-likeness (QED) is 0.752. The van der Waals surface area contributed by atoms with Gasteiger partial charge in [-0.05, 0) is 44.9 Å². The third-order valence-corrected chi connectivity index (χ3v) is 7.00. The molecule has 3 rings (SSSR count). The van der Waals surface area contributed by atoms with E-state index in [4.69, 9.17) is 23.7 Å². The Labute approximate surface area is 159 Å². The molecule has 4 unspecified atom stereocenters. The number of hydrogen-bond acceptors (Lipinski definition) is 5. The Morgan fingerprint density at radius 2 is 1.62 bits per heavy atom. The smallest absolute Gasteiger partial charge is 0.163 e. The van der Waals surface area contributed by atoms with Crippen molar-refractivity contribution in [1.82, 2.24) is 0 Å². The molecule has 3 aliphatic heterocycles. The zero-order valence-corrected chi connectivity index (χ0v) is 17.7. The Balaban J connectivity index is 1.71. The van der Waals surface area contributed by atoms with Gasteiger partial charge in [-0.25, -0.2) is 0 Å². The van der Waals surface area contributed by atoms with E-state index < -0.39 is 5.79 Å². The van der Waals surface area contributed by atoms with Crippen LogP contribution in [-0.4, -0.2) is 49.2 Å². The molecule has 10 atom stereocenters. The molecule has 3 fully saturated rings. The highest BCUT2D eigenvalue weighted by Gasteiger charge is 2.50. The average molecular weight is 371 g/mol. The van der Waals surface area contributed by atoms with Crippen LogP contribution in [0.5, 0.6) is 0 Å². The first kappa shape index (κ1) is 20.5. The summed E-state index contributed by atoms with van der Waals surface area (Å²) in [6.07, 6.45) is 1.14. The van der Waals surface area contributed by atoms with Crippen LogP contribution in [-0.2, 0) is 23.7 Å². The topological polar surface area (TPSA) is 46.2 Å². The van der Waals surface area contributed by atoms with Crippen molar-refractivity contribution in [3.05, 3.63) is 0 Å². The minimum absolute atomic E-state index is 0.0505. The first-order valence-electron chi connectivity index (χ1n) is 10.4. The number of fused-ring (bicyclic) bond motifs is 1. The molecule has 0 bridgehead atoms. The first-order chi connectivity index (χ1) is 12.1. The van der Waals surface area contributed by atoms with E-state index in [0.29, 0.717) is 24.4 Å². The van der Waals surface area contributed by atoms with E-state index in [1.807, 2.05) is 13.8 Å². The molecular weight excluding hydrogens is 332 g/mol. The number of rotatable bonds is 3. The van der Waals surface area contributed by atoms with Crippen LogP contribution in [0, 0.1) is 23.7 Å². The van der Waals surface area contributed by atoms with Crippen molar-refractivity contribution in [3.63, 3.8) is 0 Å². The second kappa shape index (κ2) is 7.67. The number of ether oxygens (including phenoxy) is 5. The second-order valence-corrected chi connectivity index (χ2v) is 9.16. The lowest BCUT2D eigenvalue weighted by molar-refractivity contribution is -0.377. The van der Waals surface area contributed by atoms with Crippen molar-refractivity contribution in [2.24, 2.45) is 23.7 Å². The van der Waals surface area contributed by atoms with Gasteiger partial charge >= 0.3 is 0 Å². The molecule has 5 nitrogen and oxygen atoms in total. The third-order valence-electron chi connectivity index (χ3n) is 7.00. The normalized spacial score (nSPS) is 51.7. The van der Waals surface area contributed by atoms with Gasteiger partial charge in [-0.3, -0.25) is 0 Å². The summed E-state index contributed by atoms with van der Waals surface area (Å²) in [5.74, 6) is 0.957. The summed E-state index contributed by atoms with van der Waals surface area (Å²) in [6.45, 7) is 17.8. The van der Waals surface area contributed by atoms with Crippen LogP contribution in [0.15, 0.2) is 0 Å². The number of hydrogen-bond donors (Lipinski definition) is 0. The van der Waals surface area contributed by atoms with Crippen molar-refractivity contribution in [1.29, 1.82) is 0 Å². The maximum Gasteiger partial charge on any atom is 0.163 e. The van der Waals surface area contributed by atoms with Crippen molar-refractivity contribution in [2.45, 2.75) is 104 Å². The summed E-state index contributed by atoms with van der Waals surface area (Å²) < 4.78 is 31.2. The van der Waals surface area contributed by atoms with Gasteiger partial charge in [0.15, 0.2) is 12.1 Å². The molecule has 3 aliphatic rings. The van der Waals surface area contributed by atoms with E-state index in [2.05, 4.69) is 41.5 Å². The van der Waals surface area contributed by atoms with E-state index in [0.717, 1.165) is 6.42 Å². The van der Waals surface area contributed by atoms with Gasteiger partial charge in [-0.1, -0.05) is 34.6 Å². The summed E-state index contributed by atoms with van der Waals surface area (Å²) in [6, 6.07) is 0. The maximum atomic E-state index is 6.59. The highest BCUT2D eigenvalue weighted by atomic mass is 16.8. The van der Waals surface area contributed by atoms with Gasteiger partial charge in [-0.2, -0.15) is 0 Å². The lowest BCUT2D eigenvalue weighted by Crippen LogP contribution is -2.60. The maximum absolute atomic E-state index is 6.59. The summed E-state index contributed by atoms with van der Waals surface area (Å²) in [4.78, 5) is 0. The molecule has 5 heteroatoms. The summed E-state index contributed by atoms with van der Waals surface area (Å²) in [5.41, 5.74) is 0. The van der Waals surface area contributed by atoms with E-state index in [1.165, 1.54) is 0 Å². The summed E-state index contributed by atoms with van der Waals surface area (Å²) >= 11 is 0. The highest BCUT2D eigenvalue weighted by Crippen LogP contribution is 2.41. The van der Waals surface area contributed by atoms with Crippen molar-refractivity contribution in [2.75, 3.05) is 6.61 Å². The zero-order chi connectivity index (χ0) is 19.2. The SMILES string of the molecule is CC[C@@H]1O[C@H](C)C(C)C(C)[C@@H]1O[C@@H]1OC2COC(C)(C)O[C@H]2[C@@H](C)C1C. The molecule has 0 aromatic heterocycles. The molecule has 0 spiro atoms. The molecule has 0 aromatic rings. The Kier molecular flexibility index (Phi) is 6.06. The van der Waals surface area contributed by atoms with Crippen molar-refractivity contribution < 1.29 is 23.7 Å². The molecule has 0 radical (unpaired) electrons. The Bertz CT molecular complexity index is 477. The average Bonchev–Trinajstić information content (AvgIpc) is 2.59. The Morgan fingerprint density at radius 1 is 0.923 bits per heavy atom. The molecule has 0 aliphatic carbocycles. The van der Waals surface area contributed by atoms with E-state index >= 15 is 0 Å². The van der Waals surface area contributed by atoms with Gasteiger partial charge in [0.25, 0.3) is 0 Å². The minimum Gasteiger partial charge on any atom is -0.372 e. The fraction of sp³-hybridized carbons (Fsp3) is 1.00. The molecule has 0 N–H and O–H groups in total. The molecule has 3 saturated heterocycles. The standard InChI is InChI=1S/C21H38O5/c1-9-16-18(12(3)11(2)15(6)23-16)25-20-14(5)13(4)19-17(24-20)10-22-21(7,8)26-19/h11-20H,9-10H2,1-8H3/t11?,12?,13-,14?,15+,16-,17?,18-,19-,20-/m0/s1. The highest BCUT2D eigenvalue weighted by molar-refractivity contribution is 4.92. The molecule has 0 aromatic carbocycles. The lowest BCUT2D eigenvalue weighted by Gasteiger charge is -2.52. The molecule has 26 heavy (non-hydrogen) atoms. The van der Waals surface area contributed by atoms with Crippen LogP contribution in [0.25, 0.3) is 0 Å². The molecule has 0 saturated carbocycles. The minimum atomic E-state index is -0.545. The van der Waals surface area contributed by atoms with Crippen LogP contribution in [0.4, 0.5) is 0 Å². The van der Waals surface area contributed by atoms with E-state index in [-0.39, 0.29) is 42.7 Å². The van der Waals surface area contributed by atoms with Gasteiger partial charge in [-0.15, -0.1) is 0 Å². The summed E-state index contributed by atoms with van der Waals surface area (Å²) in [7, 11) is 0. The Hall–Kier alpha value is -0.200. The van der Waals surface area contributed by atoms with Gasteiger partial charge in [0.05, 0.1) is 31.0 Å². The van der Waals surface area contributed by atoms with Crippen LogP contribution in [0.1, 0.15) is 61.8 Å². The van der Waals surface area contributed by atoms with E-state index in [9.17, 15) is 0 Å². The predicted molar refractivity (Wildman–Crippen MR) is 99.7 cm³/mol. The predicted octanol–water partition coefficient (Wildman–Crippen LogP) is 3.99. The van der Waals surface area contributed by atoms with Crippen molar-refractivity contribution >= 4 is 0 Å². The Morgan fingerprint density at radius 3 is 2.27 bits per heavy atom. The summed E-state index contributed by atoms with van der Waals surface area (Å²) in [5, 5.41) is 0. The van der Waals surface area contributed by atoms with Gasteiger partial charge < -0.3 is 23.7 Å². The molecule has 152 valence electrons. The zero-order valence-electron chi connectivity index (χ0n) is 17.7.